The van der Waals surface area contributed by atoms with Crippen LogP contribution in [0.3, 0.4) is 0 Å². The summed E-state index contributed by atoms with van der Waals surface area (Å²) in [5.41, 5.74) is 0. The van der Waals surface area contributed by atoms with Gasteiger partial charge in [-0.25, -0.2) is 0 Å². The SMILES string of the molecule is CC(C)CC(=O)NC(=O)C1CCC1. The summed E-state index contributed by atoms with van der Waals surface area (Å²) in [4.78, 5) is 22.5. The molecule has 0 bridgehead atoms. The molecular formula is C10H17NO2. The number of nitrogens with one attached hydrogen (secondary N) is 1. The zero-order valence-corrected chi connectivity index (χ0v) is 8.30. The lowest BCUT2D eigenvalue weighted by molar-refractivity contribution is -0.134. The van der Waals surface area contributed by atoms with Gasteiger partial charge in [-0.3, -0.25) is 14.9 Å². The minimum atomic E-state index is -0.133. The standard InChI is InChI=1S/C10H17NO2/c1-7(2)6-9(12)11-10(13)8-4-3-5-8/h7-8H,3-6H2,1-2H3,(H,11,12,13). The maximum atomic E-state index is 11.3. The van der Waals surface area contributed by atoms with Gasteiger partial charge >= 0.3 is 0 Å². The van der Waals surface area contributed by atoms with Gasteiger partial charge in [0.1, 0.15) is 0 Å². The first kappa shape index (κ1) is 10.2. The normalized spacial score (nSPS) is 16.8. The van der Waals surface area contributed by atoms with Crippen LogP contribution in [0.25, 0.3) is 0 Å². The predicted octanol–water partition coefficient (Wildman–Crippen LogP) is 1.48. The van der Waals surface area contributed by atoms with Crippen LogP contribution in [0.2, 0.25) is 0 Å². The van der Waals surface area contributed by atoms with Crippen molar-refractivity contribution >= 4 is 11.8 Å². The molecule has 74 valence electrons. The molecule has 0 saturated heterocycles. The van der Waals surface area contributed by atoms with E-state index in [0.29, 0.717) is 12.3 Å². The summed E-state index contributed by atoms with van der Waals surface area (Å²) in [5.74, 6) is 0.217. The monoisotopic (exact) mass is 183 g/mol. The highest BCUT2D eigenvalue weighted by Gasteiger charge is 2.26. The maximum Gasteiger partial charge on any atom is 0.229 e. The van der Waals surface area contributed by atoms with Gasteiger partial charge in [-0.2, -0.15) is 0 Å². The molecule has 0 aromatic carbocycles. The molecule has 0 radical (unpaired) electrons. The van der Waals surface area contributed by atoms with Gasteiger partial charge in [0.05, 0.1) is 0 Å². The third-order valence-corrected chi connectivity index (χ3v) is 2.33. The zero-order chi connectivity index (χ0) is 9.84. The summed E-state index contributed by atoms with van der Waals surface area (Å²) in [6.07, 6.45) is 3.45. The number of carbonyl (C=O) groups excluding carboxylic acids is 2. The molecule has 0 aliphatic heterocycles. The average molecular weight is 183 g/mol. The maximum absolute atomic E-state index is 11.3. The van der Waals surface area contributed by atoms with E-state index in [1.807, 2.05) is 13.8 Å². The summed E-state index contributed by atoms with van der Waals surface area (Å²) in [5, 5.41) is 2.44. The smallest absolute Gasteiger partial charge is 0.229 e. The van der Waals surface area contributed by atoms with Crippen LogP contribution >= 0.6 is 0 Å². The number of amides is 2. The van der Waals surface area contributed by atoms with Gasteiger partial charge in [0, 0.05) is 12.3 Å². The van der Waals surface area contributed by atoms with Crippen LogP contribution < -0.4 is 5.32 Å². The molecule has 1 fully saturated rings. The topological polar surface area (TPSA) is 46.2 Å². The second kappa shape index (κ2) is 4.40. The van der Waals surface area contributed by atoms with E-state index in [0.717, 1.165) is 19.3 Å². The van der Waals surface area contributed by atoms with Crippen molar-refractivity contribution in [3.05, 3.63) is 0 Å². The van der Waals surface area contributed by atoms with Crippen LogP contribution in [-0.4, -0.2) is 11.8 Å². The summed E-state index contributed by atoms with van der Waals surface area (Å²) in [6.45, 7) is 3.93. The Morgan fingerprint density at radius 3 is 2.38 bits per heavy atom. The number of carbonyl (C=O) groups is 2. The van der Waals surface area contributed by atoms with E-state index in [1.54, 1.807) is 0 Å². The Kier molecular flexibility index (Phi) is 3.46. The van der Waals surface area contributed by atoms with Gasteiger partial charge in [-0.15, -0.1) is 0 Å². The second-order valence-corrected chi connectivity index (χ2v) is 4.14. The van der Waals surface area contributed by atoms with E-state index in [4.69, 9.17) is 0 Å². The van der Waals surface area contributed by atoms with Crippen LogP contribution in [0.15, 0.2) is 0 Å². The lowest BCUT2D eigenvalue weighted by Gasteiger charge is -2.23. The van der Waals surface area contributed by atoms with Crippen molar-refractivity contribution in [3.8, 4) is 0 Å². The molecule has 13 heavy (non-hydrogen) atoms. The van der Waals surface area contributed by atoms with E-state index >= 15 is 0 Å². The fourth-order valence-electron chi connectivity index (χ4n) is 1.33. The predicted molar refractivity (Wildman–Crippen MR) is 49.9 cm³/mol. The van der Waals surface area contributed by atoms with E-state index < -0.39 is 0 Å². The van der Waals surface area contributed by atoms with Crippen molar-refractivity contribution in [2.45, 2.75) is 39.5 Å². The van der Waals surface area contributed by atoms with E-state index in [2.05, 4.69) is 5.32 Å². The Balaban J connectivity index is 2.22. The van der Waals surface area contributed by atoms with Gasteiger partial charge < -0.3 is 0 Å². The largest absolute Gasteiger partial charge is 0.296 e. The third-order valence-electron chi connectivity index (χ3n) is 2.33. The summed E-state index contributed by atoms with van der Waals surface area (Å²) in [6, 6.07) is 0. The second-order valence-electron chi connectivity index (χ2n) is 4.14. The Hall–Kier alpha value is -0.860. The van der Waals surface area contributed by atoms with E-state index in [9.17, 15) is 9.59 Å². The number of imide groups is 1. The van der Waals surface area contributed by atoms with Crippen molar-refractivity contribution in [3.63, 3.8) is 0 Å². The van der Waals surface area contributed by atoms with E-state index in [1.165, 1.54) is 0 Å². The summed E-state index contributed by atoms with van der Waals surface area (Å²) in [7, 11) is 0. The molecule has 0 aromatic heterocycles. The number of hydrogen-bond donors (Lipinski definition) is 1. The van der Waals surface area contributed by atoms with Crippen LogP contribution in [0.5, 0.6) is 0 Å². The van der Waals surface area contributed by atoms with Crippen LogP contribution in [0, 0.1) is 11.8 Å². The number of hydrogen-bond acceptors (Lipinski definition) is 2. The molecule has 3 heteroatoms. The molecule has 1 rings (SSSR count). The minimum absolute atomic E-state index is 0.0723. The quantitative estimate of drug-likeness (QED) is 0.720. The fraction of sp³-hybridized carbons (Fsp3) is 0.800. The van der Waals surface area contributed by atoms with Gasteiger partial charge in [0.15, 0.2) is 0 Å². The highest BCUT2D eigenvalue weighted by molar-refractivity contribution is 5.96. The Labute approximate surface area is 78.9 Å². The Bertz CT molecular complexity index is 207. The molecule has 3 nitrogen and oxygen atoms in total. The first-order valence-corrected chi connectivity index (χ1v) is 4.93. The minimum Gasteiger partial charge on any atom is -0.296 e. The van der Waals surface area contributed by atoms with Gasteiger partial charge in [0.2, 0.25) is 11.8 Å². The van der Waals surface area contributed by atoms with Gasteiger partial charge in [0.25, 0.3) is 0 Å². The Morgan fingerprint density at radius 1 is 1.38 bits per heavy atom. The van der Waals surface area contributed by atoms with Gasteiger partial charge in [-0.1, -0.05) is 20.3 Å². The molecule has 0 atom stereocenters. The highest BCUT2D eigenvalue weighted by Crippen LogP contribution is 2.26. The van der Waals surface area contributed by atoms with Crippen LogP contribution in [-0.2, 0) is 9.59 Å². The molecule has 0 heterocycles. The molecule has 0 aromatic rings. The highest BCUT2D eigenvalue weighted by atomic mass is 16.2. The van der Waals surface area contributed by atoms with E-state index in [-0.39, 0.29) is 17.7 Å². The molecule has 1 aliphatic rings. The molecule has 0 spiro atoms. The van der Waals surface area contributed by atoms with Crippen LogP contribution in [0.1, 0.15) is 39.5 Å². The van der Waals surface area contributed by atoms with Crippen molar-refractivity contribution in [1.29, 1.82) is 0 Å². The van der Waals surface area contributed by atoms with Crippen molar-refractivity contribution in [2.24, 2.45) is 11.8 Å². The molecule has 1 saturated carbocycles. The molecular weight excluding hydrogens is 166 g/mol. The van der Waals surface area contributed by atoms with Crippen LogP contribution in [0.4, 0.5) is 0 Å². The molecule has 1 aliphatic carbocycles. The average Bonchev–Trinajstić information content (AvgIpc) is 1.78. The summed E-state index contributed by atoms with van der Waals surface area (Å²) < 4.78 is 0. The lowest BCUT2D eigenvalue weighted by Crippen LogP contribution is -2.38. The zero-order valence-electron chi connectivity index (χ0n) is 8.30. The van der Waals surface area contributed by atoms with Crippen molar-refractivity contribution in [1.82, 2.24) is 5.32 Å². The third kappa shape index (κ3) is 3.17. The fourth-order valence-corrected chi connectivity index (χ4v) is 1.33. The van der Waals surface area contributed by atoms with Crippen molar-refractivity contribution < 1.29 is 9.59 Å². The lowest BCUT2D eigenvalue weighted by atomic mass is 9.85. The van der Waals surface area contributed by atoms with Crippen molar-refractivity contribution in [2.75, 3.05) is 0 Å². The first-order chi connectivity index (χ1) is 6.09. The molecule has 1 N–H and O–H groups in total. The molecule has 0 unspecified atom stereocenters. The first-order valence-electron chi connectivity index (χ1n) is 4.93. The summed E-state index contributed by atoms with van der Waals surface area (Å²) >= 11 is 0. The molecule has 2 amide bonds. The Morgan fingerprint density at radius 2 is 2.00 bits per heavy atom. The van der Waals surface area contributed by atoms with Gasteiger partial charge in [-0.05, 0) is 18.8 Å². The number of rotatable bonds is 3.